The molecule has 0 fully saturated rings. The Morgan fingerprint density at radius 1 is 1.43 bits per heavy atom. The van der Waals surface area contributed by atoms with Crippen LogP contribution in [0.3, 0.4) is 0 Å². The van der Waals surface area contributed by atoms with Gasteiger partial charge in [0.2, 0.25) is 0 Å². The molecule has 0 atom stereocenters. The van der Waals surface area contributed by atoms with Crippen molar-refractivity contribution >= 4 is 43.4 Å². The van der Waals surface area contributed by atoms with Gasteiger partial charge in [-0.15, -0.1) is 0 Å². The lowest BCUT2D eigenvalue weighted by Crippen LogP contribution is -2.26. The van der Waals surface area contributed by atoms with Crippen LogP contribution in [0.2, 0.25) is 5.02 Å². The fourth-order valence-corrected chi connectivity index (χ4v) is 1.73. The molecule has 0 radical (unpaired) electrons. The first-order chi connectivity index (χ1) is 6.44. The van der Waals surface area contributed by atoms with Crippen molar-refractivity contribution in [3.63, 3.8) is 0 Å². The maximum Gasteiger partial charge on any atom is 0.298 e. The predicted octanol–water partition coefficient (Wildman–Crippen LogP) is 1.98. The predicted molar refractivity (Wildman–Crippen MR) is 60.8 cm³/mol. The van der Waals surface area contributed by atoms with Crippen LogP contribution >= 0.6 is 27.5 Å². The van der Waals surface area contributed by atoms with Gasteiger partial charge in [-0.05, 0) is 34.1 Å². The molecule has 0 aliphatic rings. The van der Waals surface area contributed by atoms with Crippen molar-refractivity contribution in [2.24, 2.45) is 0 Å². The summed E-state index contributed by atoms with van der Waals surface area (Å²) in [6.07, 6.45) is 0. The third kappa shape index (κ3) is 3.13. The molecule has 7 heteroatoms. The van der Waals surface area contributed by atoms with E-state index in [1.807, 2.05) is 0 Å². The van der Waals surface area contributed by atoms with E-state index in [1.54, 1.807) is 12.1 Å². The molecule has 0 aliphatic heterocycles. The second kappa shape index (κ2) is 4.48. The van der Waals surface area contributed by atoms with Crippen molar-refractivity contribution in [2.75, 3.05) is 11.8 Å². The fourth-order valence-electron chi connectivity index (χ4n) is 0.766. The van der Waals surface area contributed by atoms with Crippen molar-refractivity contribution in [1.82, 2.24) is 4.72 Å². The summed E-state index contributed by atoms with van der Waals surface area (Å²) in [5, 5.41) is 0.446. The fraction of sp³-hybridized carbons (Fsp3) is 0.143. The molecule has 0 heterocycles. The van der Waals surface area contributed by atoms with Gasteiger partial charge in [0.25, 0.3) is 10.2 Å². The topological polar surface area (TPSA) is 58.2 Å². The second-order valence-corrected chi connectivity index (χ2v) is 5.32. The lowest BCUT2D eigenvalue weighted by atomic mass is 10.3. The minimum atomic E-state index is -3.48. The first-order valence-corrected chi connectivity index (χ1v) is 6.26. The van der Waals surface area contributed by atoms with Gasteiger partial charge >= 0.3 is 0 Å². The molecule has 0 spiro atoms. The summed E-state index contributed by atoms with van der Waals surface area (Å²) >= 11 is 8.99. The highest BCUT2D eigenvalue weighted by molar-refractivity contribution is 9.10. The summed E-state index contributed by atoms with van der Waals surface area (Å²) in [6.45, 7) is 0. The van der Waals surface area contributed by atoms with Crippen molar-refractivity contribution in [3.8, 4) is 0 Å². The summed E-state index contributed by atoms with van der Waals surface area (Å²) in [7, 11) is -2.15. The molecular formula is C7H8BrClN2O2S. The Bertz CT molecular complexity index is 435. The Balaban J connectivity index is 2.94. The average molecular weight is 300 g/mol. The molecule has 0 amide bonds. The van der Waals surface area contributed by atoms with Gasteiger partial charge < -0.3 is 0 Å². The van der Waals surface area contributed by atoms with E-state index in [9.17, 15) is 8.42 Å². The van der Waals surface area contributed by atoms with Crippen molar-refractivity contribution in [3.05, 3.63) is 27.7 Å². The van der Waals surface area contributed by atoms with Gasteiger partial charge in [-0.1, -0.05) is 11.6 Å². The second-order valence-electron chi connectivity index (χ2n) is 2.44. The van der Waals surface area contributed by atoms with Crippen LogP contribution in [-0.2, 0) is 10.2 Å². The van der Waals surface area contributed by atoms with Gasteiger partial charge in [-0.25, -0.2) is 4.72 Å². The number of rotatable bonds is 3. The van der Waals surface area contributed by atoms with E-state index in [4.69, 9.17) is 11.6 Å². The van der Waals surface area contributed by atoms with Crippen LogP contribution in [0.15, 0.2) is 22.7 Å². The zero-order valence-electron chi connectivity index (χ0n) is 7.21. The van der Waals surface area contributed by atoms with Crippen LogP contribution in [0, 0.1) is 0 Å². The van der Waals surface area contributed by atoms with Gasteiger partial charge in [-0.2, -0.15) is 8.42 Å². The van der Waals surface area contributed by atoms with E-state index in [0.717, 1.165) is 0 Å². The first-order valence-electron chi connectivity index (χ1n) is 3.61. The van der Waals surface area contributed by atoms with E-state index in [1.165, 1.54) is 13.1 Å². The minimum absolute atomic E-state index is 0.410. The summed E-state index contributed by atoms with van der Waals surface area (Å²) in [5.41, 5.74) is 0.410. The molecule has 78 valence electrons. The van der Waals surface area contributed by atoms with Crippen LogP contribution in [0.5, 0.6) is 0 Å². The Morgan fingerprint density at radius 2 is 2.07 bits per heavy atom. The molecule has 0 bridgehead atoms. The summed E-state index contributed by atoms with van der Waals surface area (Å²) in [4.78, 5) is 0. The summed E-state index contributed by atoms with van der Waals surface area (Å²) in [5.74, 6) is 0. The van der Waals surface area contributed by atoms with Gasteiger partial charge in [0, 0.05) is 11.5 Å². The molecule has 0 saturated carbocycles. The Labute approximate surface area is 96.0 Å². The van der Waals surface area contributed by atoms with Gasteiger partial charge in [-0.3, -0.25) is 4.72 Å². The van der Waals surface area contributed by atoms with Gasteiger partial charge in [0.1, 0.15) is 0 Å². The molecule has 0 aromatic heterocycles. The molecule has 1 rings (SSSR count). The quantitative estimate of drug-likeness (QED) is 0.896. The third-order valence-electron chi connectivity index (χ3n) is 1.44. The molecule has 0 unspecified atom stereocenters. The van der Waals surface area contributed by atoms with E-state index in [2.05, 4.69) is 25.4 Å². The number of halogens is 2. The molecule has 1 aromatic rings. The molecule has 4 nitrogen and oxygen atoms in total. The first kappa shape index (κ1) is 11.8. The number of hydrogen-bond donors (Lipinski definition) is 2. The Kier molecular flexibility index (Phi) is 3.77. The molecule has 14 heavy (non-hydrogen) atoms. The van der Waals surface area contributed by atoms with Gasteiger partial charge in [0.05, 0.1) is 10.7 Å². The largest absolute Gasteiger partial charge is 0.298 e. The highest BCUT2D eigenvalue weighted by Gasteiger charge is 2.06. The van der Waals surface area contributed by atoms with Crippen LogP contribution in [0.1, 0.15) is 0 Å². The lowest BCUT2D eigenvalue weighted by molar-refractivity contribution is 0.593. The zero-order chi connectivity index (χ0) is 10.8. The lowest BCUT2D eigenvalue weighted by Gasteiger charge is -2.06. The van der Waals surface area contributed by atoms with E-state index in [0.29, 0.717) is 15.2 Å². The molecule has 2 N–H and O–H groups in total. The highest BCUT2D eigenvalue weighted by Crippen LogP contribution is 2.25. The maximum atomic E-state index is 11.1. The van der Waals surface area contributed by atoms with Crippen LogP contribution in [0.4, 0.5) is 5.69 Å². The molecule has 0 saturated heterocycles. The smallest absolute Gasteiger partial charge is 0.271 e. The summed E-state index contributed by atoms with van der Waals surface area (Å²) < 4.78 is 27.3. The highest BCUT2D eigenvalue weighted by atomic mass is 79.9. The standard InChI is InChI=1S/C7H8BrClN2O2S/c1-10-14(12,13)11-5-2-3-6(8)7(9)4-5/h2-4,10-11H,1H3. The van der Waals surface area contributed by atoms with Crippen molar-refractivity contribution in [2.45, 2.75) is 0 Å². The van der Waals surface area contributed by atoms with Crippen LogP contribution < -0.4 is 9.44 Å². The van der Waals surface area contributed by atoms with E-state index >= 15 is 0 Å². The van der Waals surface area contributed by atoms with Gasteiger partial charge in [0.15, 0.2) is 0 Å². The normalized spacial score (nSPS) is 11.4. The van der Waals surface area contributed by atoms with Crippen LogP contribution in [0.25, 0.3) is 0 Å². The van der Waals surface area contributed by atoms with Crippen molar-refractivity contribution < 1.29 is 8.42 Å². The van der Waals surface area contributed by atoms with Crippen molar-refractivity contribution in [1.29, 1.82) is 0 Å². The summed E-state index contributed by atoms with van der Waals surface area (Å²) in [6, 6.07) is 4.78. The zero-order valence-corrected chi connectivity index (χ0v) is 10.4. The Morgan fingerprint density at radius 3 is 2.57 bits per heavy atom. The molecule has 0 aliphatic carbocycles. The SMILES string of the molecule is CNS(=O)(=O)Nc1ccc(Br)c(Cl)c1. The number of nitrogens with one attached hydrogen (secondary N) is 2. The molecular weight excluding hydrogens is 292 g/mol. The number of hydrogen-bond acceptors (Lipinski definition) is 2. The number of anilines is 1. The number of benzene rings is 1. The minimum Gasteiger partial charge on any atom is -0.271 e. The van der Waals surface area contributed by atoms with E-state index < -0.39 is 10.2 Å². The third-order valence-corrected chi connectivity index (χ3v) is 3.71. The molecule has 1 aromatic carbocycles. The Hall–Kier alpha value is -0.300. The van der Waals surface area contributed by atoms with Crippen LogP contribution in [-0.4, -0.2) is 15.5 Å². The monoisotopic (exact) mass is 298 g/mol. The average Bonchev–Trinajstić information content (AvgIpc) is 2.11. The maximum absolute atomic E-state index is 11.1. The van der Waals surface area contributed by atoms with E-state index in [-0.39, 0.29) is 0 Å².